The van der Waals surface area contributed by atoms with E-state index in [-0.39, 0.29) is 17.1 Å². The molecule has 1 rings (SSSR count). The van der Waals surface area contributed by atoms with E-state index in [1.165, 1.54) is 0 Å². The summed E-state index contributed by atoms with van der Waals surface area (Å²) in [5.74, 6) is 0. The van der Waals surface area contributed by atoms with E-state index in [2.05, 4.69) is 5.23 Å². The summed E-state index contributed by atoms with van der Waals surface area (Å²) in [5, 5.41) is 2.83. The van der Waals surface area contributed by atoms with Crippen molar-refractivity contribution >= 4 is 56.5 Å². The molecule has 1 fully saturated rings. The van der Waals surface area contributed by atoms with Gasteiger partial charge < -0.3 is 5.23 Å². The maximum Gasteiger partial charge on any atom is 0.254 e. The molecule has 0 aliphatic carbocycles. The third-order valence-corrected chi connectivity index (χ3v) is 13.7. The summed E-state index contributed by atoms with van der Waals surface area (Å²) in [7, 11) is -4.29. The zero-order valence-electron chi connectivity index (χ0n) is 9.10. The van der Waals surface area contributed by atoms with E-state index in [1.807, 2.05) is 26.2 Å². The van der Waals surface area contributed by atoms with Crippen molar-refractivity contribution in [2.75, 3.05) is 0 Å². The van der Waals surface area contributed by atoms with Crippen molar-refractivity contribution in [2.45, 2.75) is 26.2 Å². The number of hydrogen-bond donors (Lipinski definition) is 1. The predicted octanol–water partition coefficient (Wildman–Crippen LogP) is 2.17. The van der Waals surface area contributed by atoms with Crippen molar-refractivity contribution in [3.05, 3.63) is 0 Å². The van der Waals surface area contributed by atoms with Crippen LogP contribution in [0.5, 0.6) is 0 Å². The average Bonchev–Trinajstić information content (AvgIpc) is 2.12. The van der Waals surface area contributed by atoms with E-state index in [1.54, 1.807) is 0 Å². The second-order valence-corrected chi connectivity index (χ2v) is 15.2. The van der Waals surface area contributed by atoms with E-state index < -0.39 is 15.9 Å². The van der Waals surface area contributed by atoms with Gasteiger partial charge in [0.2, 0.25) is 5.53 Å². The van der Waals surface area contributed by atoms with Crippen molar-refractivity contribution in [1.29, 1.82) is 0 Å². The maximum atomic E-state index is 11.8. The maximum absolute atomic E-state index is 11.8. The van der Waals surface area contributed by atoms with E-state index in [9.17, 15) is 9.59 Å². The van der Waals surface area contributed by atoms with Gasteiger partial charge in [-0.05, 0) is 0 Å². The van der Waals surface area contributed by atoms with E-state index in [4.69, 9.17) is 23.6 Å². The molecule has 9 heteroatoms. The number of hydrogen-bond acceptors (Lipinski definition) is 2. The lowest BCUT2D eigenvalue weighted by molar-refractivity contribution is 0.255. The molecule has 0 atom stereocenters. The molecular weight excluding hydrogens is 270 g/mol. The first kappa shape index (κ1) is 13.1. The van der Waals surface area contributed by atoms with Crippen LogP contribution >= 0.6 is 23.6 Å². The summed E-state index contributed by atoms with van der Waals surface area (Å²) in [5.41, 5.74) is -0.145. The Morgan fingerprint density at radius 2 is 1.93 bits per heavy atom. The Kier molecular flexibility index (Phi) is 3.31. The summed E-state index contributed by atoms with van der Waals surface area (Å²) in [6.07, 6.45) is 0. The first-order valence-corrected chi connectivity index (χ1v) is 11.4. The lowest BCUT2D eigenvalue weighted by Crippen LogP contribution is -2.86. The molecule has 1 N–H and O–H groups in total. The predicted molar refractivity (Wildman–Crippen MR) is 68.2 cm³/mol. The number of rotatable bonds is 2. The number of halogens is 2. The zero-order valence-corrected chi connectivity index (χ0v) is 12.6. The van der Waals surface area contributed by atoms with Crippen LogP contribution in [0.4, 0.5) is 9.59 Å². The van der Waals surface area contributed by atoms with Gasteiger partial charge in [0, 0.05) is 23.6 Å². The van der Waals surface area contributed by atoms with E-state index in [0.29, 0.717) is 3.94 Å². The van der Waals surface area contributed by atoms with E-state index in [0.717, 1.165) is 0 Å². The van der Waals surface area contributed by atoms with Gasteiger partial charge in [-0.3, -0.25) is 9.59 Å². The summed E-state index contributed by atoms with van der Waals surface area (Å²) >= 11 is 10.9. The highest BCUT2D eigenvalue weighted by Crippen LogP contribution is 2.26. The van der Waals surface area contributed by atoms with Gasteiger partial charge in [-0.15, -0.1) is 0 Å². The Morgan fingerprint density at radius 3 is 2.20 bits per heavy atom. The SMILES string of the molecule is C[Si]1(C)B([Si](C)(C)C(=O)N(Cl)Cl)NC1=O. The highest BCUT2D eigenvalue weighted by Gasteiger charge is 2.63. The van der Waals surface area contributed by atoms with Crippen LogP contribution in [0.1, 0.15) is 0 Å². The van der Waals surface area contributed by atoms with Crippen molar-refractivity contribution in [3.63, 3.8) is 0 Å². The largest absolute Gasteiger partial charge is 0.408 e. The first-order valence-electron chi connectivity index (χ1n) is 4.59. The molecule has 0 aromatic carbocycles. The Balaban J connectivity index is 2.90. The van der Waals surface area contributed by atoms with Crippen molar-refractivity contribution < 1.29 is 9.59 Å². The molecule has 0 spiro atoms. The van der Waals surface area contributed by atoms with Gasteiger partial charge in [-0.1, -0.05) is 26.2 Å². The molecular formula is C6H13BCl2N2O2Si2. The van der Waals surface area contributed by atoms with E-state index >= 15 is 0 Å². The van der Waals surface area contributed by atoms with Gasteiger partial charge in [0.05, 0.1) is 0 Å². The Labute approximate surface area is 102 Å². The molecule has 1 saturated heterocycles. The molecule has 0 bridgehead atoms. The van der Waals surface area contributed by atoms with Crippen molar-refractivity contribution in [1.82, 2.24) is 9.17 Å². The number of carbonyl (C=O) groups excluding carboxylic acids is 2. The van der Waals surface area contributed by atoms with Gasteiger partial charge in [0.1, 0.15) is 7.94 Å². The highest BCUT2D eigenvalue weighted by atomic mass is 35.5. The second kappa shape index (κ2) is 3.80. The normalized spacial score (nSPS) is 19.3. The van der Waals surface area contributed by atoms with Crippen LogP contribution < -0.4 is 5.23 Å². The molecule has 0 saturated carbocycles. The van der Waals surface area contributed by atoms with Gasteiger partial charge in [-0.2, -0.15) is 3.94 Å². The molecule has 4 nitrogen and oxygen atoms in total. The molecule has 1 heterocycles. The van der Waals surface area contributed by atoms with Gasteiger partial charge in [-0.25, -0.2) is 0 Å². The van der Waals surface area contributed by atoms with Crippen LogP contribution in [0.15, 0.2) is 0 Å². The topological polar surface area (TPSA) is 49.4 Å². The fourth-order valence-electron chi connectivity index (χ4n) is 1.97. The van der Waals surface area contributed by atoms with Gasteiger partial charge in [0.15, 0.2) is 13.5 Å². The molecule has 84 valence electrons. The lowest BCUT2D eigenvalue weighted by Gasteiger charge is -2.45. The molecule has 15 heavy (non-hydrogen) atoms. The fraction of sp³-hybridized carbons (Fsp3) is 0.667. The smallest absolute Gasteiger partial charge is 0.254 e. The minimum Gasteiger partial charge on any atom is -0.408 e. The standard InChI is InChI=1S/C6H13BCl2N2O2Si2/c1-14(2)5(12)10-7(14)15(3,4)6(13)11(8)9/h1-4H3,(H,10,12). The first-order chi connectivity index (χ1) is 6.61. The summed E-state index contributed by atoms with van der Waals surface area (Å²) in [6.45, 7) is 7.69. The fourth-order valence-corrected chi connectivity index (χ4v) is 13.6. The van der Waals surface area contributed by atoms with Crippen LogP contribution in [0.25, 0.3) is 0 Å². The lowest BCUT2D eigenvalue weighted by atomic mass is 10.3. The van der Waals surface area contributed by atoms with Crippen LogP contribution in [-0.2, 0) is 0 Å². The van der Waals surface area contributed by atoms with Crippen molar-refractivity contribution in [3.8, 4) is 0 Å². The zero-order chi connectivity index (χ0) is 12.0. The minimum absolute atomic E-state index is 0.0185. The molecule has 1 aliphatic heterocycles. The second-order valence-electron chi connectivity index (χ2n) is 4.89. The van der Waals surface area contributed by atoms with Crippen LogP contribution in [0.3, 0.4) is 0 Å². The van der Waals surface area contributed by atoms with Crippen LogP contribution in [0, 0.1) is 0 Å². The quantitative estimate of drug-likeness (QED) is 0.623. The molecule has 2 amide bonds. The Bertz CT molecular complexity index is 324. The van der Waals surface area contributed by atoms with Crippen LogP contribution in [-0.4, -0.2) is 36.9 Å². The molecule has 0 radical (unpaired) electrons. The number of nitrogens with zero attached hydrogens (tertiary/aromatic N) is 1. The van der Waals surface area contributed by atoms with Crippen LogP contribution in [0.2, 0.25) is 26.2 Å². The molecule has 1 aliphatic rings. The third kappa shape index (κ3) is 1.98. The summed E-state index contributed by atoms with van der Waals surface area (Å²) in [6, 6.07) is 0.0185. The van der Waals surface area contributed by atoms with Crippen molar-refractivity contribution in [2.24, 2.45) is 0 Å². The number of carbonyl (C=O) groups is 2. The number of nitrogens with one attached hydrogen (secondary N) is 1. The summed E-state index contributed by atoms with van der Waals surface area (Å²) < 4.78 is 0.598. The Hall–Kier alpha value is 0.0187. The highest BCUT2D eigenvalue weighted by molar-refractivity contribution is 7.75. The minimum atomic E-state index is -2.31. The number of amides is 2. The van der Waals surface area contributed by atoms with Gasteiger partial charge in [0.25, 0.3) is 6.03 Å². The third-order valence-electron chi connectivity index (χ3n) is 3.01. The van der Waals surface area contributed by atoms with Gasteiger partial charge >= 0.3 is 0 Å². The molecule has 0 aromatic heterocycles. The summed E-state index contributed by atoms with van der Waals surface area (Å²) in [4.78, 5) is 23.2. The Morgan fingerprint density at radius 1 is 1.47 bits per heavy atom. The monoisotopic (exact) mass is 282 g/mol. The molecule has 0 unspecified atom stereocenters. The molecule has 0 aromatic rings. The average molecular weight is 283 g/mol.